The minimum atomic E-state index is -4.14. The quantitative estimate of drug-likeness (QED) is 0.336. The maximum absolute atomic E-state index is 14.0. The monoisotopic (exact) mass is 581 g/mol. The Balaban J connectivity index is 1.69. The number of aryl methyl sites for hydroxylation is 2. The molecule has 1 aliphatic rings. The van der Waals surface area contributed by atoms with E-state index in [1.807, 2.05) is 44.2 Å². The molecule has 212 valence electrons. The van der Waals surface area contributed by atoms with Crippen LogP contribution in [0.4, 0.5) is 5.69 Å². The van der Waals surface area contributed by atoms with E-state index < -0.39 is 28.5 Å². The molecule has 1 N–H and O–H groups in total. The maximum Gasteiger partial charge on any atom is 0.264 e. The van der Waals surface area contributed by atoms with Crippen LogP contribution in [0.25, 0.3) is 0 Å². The van der Waals surface area contributed by atoms with Crippen molar-refractivity contribution in [1.82, 2.24) is 10.2 Å². The highest BCUT2D eigenvalue weighted by Gasteiger charge is 2.33. The third kappa shape index (κ3) is 7.04. The van der Waals surface area contributed by atoms with Gasteiger partial charge < -0.3 is 10.2 Å². The van der Waals surface area contributed by atoms with Crippen molar-refractivity contribution >= 4 is 39.1 Å². The number of rotatable bonds is 10. The molecule has 0 aromatic heterocycles. The lowest BCUT2D eigenvalue weighted by Crippen LogP contribution is -2.52. The Morgan fingerprint density at radius 2 is 1.62 bits per heavy atom. The van der Waals surface area contributed by atoms with E-state index in [-0.39, 0.29) is 29.1 Å². The third-order valence-electron chi connectivity index (χ3n) is 7.40. The molecular weight excluding hydrogens is 546 g/mol. The van der Waals surface area contributed by atoms with E-state index in [9.17, 15) is 18.0 Å². The second-order valence-corrected chi connectivity index (χ2v) is 12.7. The molecule has 1 unspecified atom stereocenters. The summed E-state index contributed by atoms with van der Waals surface area (Å²) in [5.74, 6) is -0.743. The van der Waals surface area contributed by atoms with Crippen molar-refractivity contribution in [1.29, 1.82) is 0 Å². The maximum atomic E-state index is 14.0. The number of carbonyl (C=O) groups is 2. The number of benzene rings is 3. The fourth-order valence-electron chi connectivity index (χ4n) is 4.86. The average molecular weight is 582 g/mol. The fraction of sp³-hybridized carbons (Fsp3) is 0.355. The number of nitrogens with one attached hydrogen (secondary N) is 1. The first kappa shape index (κ1) is 29.6. The minimum absolute atomic E-state index is 0.0595. The lowest BCUT2D eigenvalue weighted by molar-refractivity contribution is -0.139. The molecule has 1 aliphatic carbocycles. The van der Waals surface area contributed by atoms with E-state index in [0.29, 0.717) is 5.02 Å². The molecule has 1 saturated carbocycles. The van der Waals surface area contributed by atoms with Crippen LogP contribution in [0.5, 0.6) is 0 Å². The lowest BCUT2D eigenvalue weighted by atomic mass is 10.1. The first-order valence-electron chi connectivity index (χ1n) is 13.6. The van der Waals surface area contributed by atoms with Gasteiger partial charge in [0.05, 0.1) is 10.6 Å². The van der Waals surface area contributed by atoms with E-state index in [4.69, 9.17) is 11.6 Å². The van der Waals surface area contributed by atoms with Gasteiger partial charge in [-0.15, -0.1) is 0 Å². The summed E-state index contributed by atoms with van der Waals surface area (Å²) in [6, 6.07) is 20.0. The molecule has 0 radical (unpaired) electrons. The smallest absolute Gasteiger partial charge is 0.264 e. The standard InChI is InChI=1S/C31H36ClN3O4S/c1-22-13-17-28(18-14-22)40(38,39)35(27-16-15-23(2)29(32)19-27)21-30(36)34(20-25-9-5-4-6-10-25)24(3)31(37)33-26-11-7-8-12-26/h4-6,9-10,13-19,24,26H,7-8,11-12,20-21H2,1-3H3,(H,33,37). The van der Waals surface area contributed by atoms with Gasteiger partial charge in [-0.1, -0.05) is 78.5 Å². The van der Waals surface area contributed by atoms with E-state index in [1.54, 1.807) is 37.3 Å². The van der Waals surface area contributed by atoms with Gasteiger partial charge in [0.25, 0.3) is 10.0 Å². The van der Waals surface area contributed by atoms with E-state index >= 15 is 0 Å². The molecular formula is C31H36ClN3O4S. The normalized spacial score (nSPS) is 14.5. The minimum Gasteiger partial charge on any atom is -0.352 e. The highest BCUT2D eigenvalue weighted by molar-refractivity contribution is 7.92. The van der Waals surface area contributed by atoms with Gasteiger partial charge in [0.2, 0.25) is 11.8 Å². The summed E-state index contributed by atoms with van der Waals surface area (Å²) >= 11 is 6.38. The van der Waals surface area contributed by atoms with Gasteiger partial charge in [-0.05, 0) is 69.0 Å². The molecule has 0 spiro atoms. The molecule has 3 aromatic carbocycles. The summed E-state index contributed by atoms with van der Waals surface area (Å²) in [4.78, 5) is 28.8. The molecule has 0 heterocycles. The van der Waals surface area contributed by atoms with Crippen molar-refractivity contribution in [2.45, 2.75) is 70.0 Å². The molecule has 4 rings (SSSR count). The molecule has 1 atom stereocenters. The van der Waals surface area contributed by atoms with Crippen LogP contribution in [0.15, 0.2) is 77.7 Å². The number of nitrogens with zero attached hydrogens (tertiary/aromatic N) is 2. The fourth-order valence-corrected chi connectivity index (χ4v) is 6.44. The Morgan fingerprint density at radius 3 is 2.25 bits per heavy atom. The second-order valence-electron chi connectivity index (χ2n) is 10.4. The number of carbonyl (C=O) groups excluding carboxylic acids is 2. The van der Waals surface area contributed by atoms with Crippen LogP contribution in [-0.4, -0.2) is 43.8 Å². The number of hydrogen-bond acceptors (Lipinski definition) is 4. The largest absolute Gasteiger partial charge is 0.352 e. The molecule has 0 aliphatic heterocycles. The molecule has 40 heavy (non-hydrogen) atoms. The van der Waals surface area contributed by atoms with Gasteiger partial charge in [-0.2, -0.15) is 0 Å². The molecule has 2 amide bonds. The van der Waals surface area contributed by atoms with Crippen LogP contribution >= 0.6 is 11.6 Å². The van der Waals surface area contributed by atoms with Crippen LogP contribution in [0.1, 0.15) is 49.3 Å². The predicted octanol–water partition coefficient (Wildman–Crippen LogP) is 5.63. The van der Waals surface area contributed by atoms with Gasteiger partial charge >= 0.3 is 0 Å². The molecule has 9 heteroatoms. The summed E-state index contributed by atoms with van der Waals surface area (Å²) < 4.78 is 28.9. The SMILES string of the molecule is Cc1ccc(S(=O)(=O)N(CC(=O)N(Cc2ccccc2)C(C)C(=O)NC2CCCC2)c2ccc(C)c(Cl)c2)cc1. The summed E-state index contributed by atoms with van der Waals surface area (Å²) in [7, 11) is -4.14. The molecule has 3 aromatic rings. The second kappa shape index (κ2) is 12.9. The third-order valence-corrected chi connectivity index (χ3v) is 9.59. The van der Waals surface area contributed by atoms with E-state index in [2.05, 4.69) is 5.32 Å². The summed E-state index contributed by atoms with van der Waals surface area (Å²) in [5, 5.41) is 3.47. The van der Waals surface area contributed by atoms with Crippen molar-refractivity contribution in [3.8, 4) is 0 Å². The Hall–Kier alpha value is -3.36. The van der Waals surface area contributed by atoms with Crippen molar-refractivity contribution in [2.24, 2.45) is 0 Å². The number of halogens is 1. The Morgan fingerprint density at radius 1 is 0.975 bits per heavy atom. The van der Waals surface area contributed by atoms with Crippen LogP contribution in [0.3, 0.4) is 0 Å². The Kier molecular flexibility index (Phi) is 9.53. The van der Waals surface area contributed by atoms with E-state index in [0.717, 1.165) is 46.7 Å². The zero-order valence-corrected chi connectivity index (χ0v) is 24.7. The van der Waals surface area contributed by atoms with E-state index in [1.165, 1.54) is 17.0 Å². The summed E-state index contributed by atoms with van der Waals surface area (Å²) in [5.41, 5.74) is 2.80. The number of amides is 2. The first-order chi connectivity index (χ1) is 19.1. The summed E-state index contributed by atoms with van der Waals surface area (Å²) in [6.07, 6.45) is 3.97. The van der Waals surface area contributed by atoms with Crippen molar-refractivity contribution in [2.75, 3.05) is 10.8 Å². The Labute approximate surface area is 242 Å². The number of anilines is 1. The predicted molar refractivity (Wildman–Crippen MR) is 159 cm³/mol. The number of hydrogen-bond donors (Lipinski definition) is 1. The summed E-state index contributed by atoms with van der Waals surface area (Å²) in [6.45, 7) is 5.04. The van der Waals surface area contributed by atoms with Gasteiger partial charge in [0, 0.05) is 17.6 Å². The molecule has 7 nitrogen and oxygen atoms in total. The molecule has 0 bridgehead atoms. The zero-order valence-electron chi connectivity index (χ0n) is 23.1. The highest BCUT2D eigenvalue weighted by Crippen LogP contribution is 2.29. The van der Waals surface area contributed by atoms with Crippen LogP contribution in [0.2, 0.25) is 5.02 Å². The van der Waals surface area contributed by atoms with Crippen LogP contribution in [0, 0.1) is 13.8 Å². The van der Waals surface area contributed by atoms with Gasteiger partial charge in [0.15, 0.2) is 0 Å². The van der Waals surface area contributed by atoms with Crippen molar-refractivity contribution in [3.63, 3.8) is 0 Å². The first-order valence-corrected chi connectivity index (χ1v) is 15.4. The van der Waals surface area contributed by atoms with Gasteiger partial charge in [-0.25, -0.2) is 8.42 Å². The topological polar surface area (TPSA) is 86.8 Å². The number of sulfonamides is 1. The zero-order chi connectivity index (χ0) is 28.9. The van der Waals surface area contributed by atoms with Gasteiger partial charge in [-0.3, -0.25) is 13.9 Å². The van der Waals surface area contributed by atoms with Crippen molar-refractivity contribution < 1.29 is 18.0 Å². The Bertz CT molecular complexity index is 1440. The molecule has 1 fully saturated rings. The average Bonchev–Trinajstić information content (AvgIpc) is 3.45. The lowest BCUT2D eigenvalue weighted by Gasteiger charge is -2.32. The van der Waals surface area contributed by atoms with Crippen molar-refractivity contribution in [3.05, 3.63) is 94.5 Å². The molecule has 0 saturated heterocycles. The van der Waals surface area contributed by atoms with Crippen LogP contribution < -0.4 is 9.62 Å². The highest BCUT2D eigenvalue weighted by atomic mass is 35.5. The van der Waals surface area contributed by atoms with Crippen LogP contribution in [-0.2, 0) is 26.2 Å². The van der Waals surface area contributed by atoms with Gasteiger partial charge in [0.1, 0.15) is 12.6 Å².